The Morgan fingerprint density at radius 3 is 2.42 bits per heavy atom. The molecule has 5 heteroatoms. The van der Waals surface area contributed by atoms with Gasteiger partial charge < -0.3 is 10.1 Å². The summed E-state index contributed by atoms with van der Waals surface area (Å²) < 4.78 is 5.39. The van der Waals surface area contributed by atoms with Crippen molar-refractivity contribution in [3.63, 3.8) is 0 Å². The molecule has 2 aromatic rings. The fraction of sp³-hybridized carbons (Fsp3) is 0.464. The first-order valence-electron chi connectivity index (χ1n) is 12.0. The number of rotatable bonds is 7. The molecule has 174 valence electrons. The van der Waals surface area contributed by atoms with E-state index in [-0.39, 0.29) is 23.7 Å². The van der Waals surface area contributed by atoms with Gasteiger partial charge in [0.2, 0.25) is 0 Å². The lowest BCUT2D eigenvalue weighted by Gasteiger charge is -2.29. The van der Waals surface area contributed by atoms with Crippen molar-refractivity contribution in [2.75, 3.05) is 13.7 Å². The van der Waals surface area contributed by atoms with E-state index in [1.807, 2.05) is 12.1 Å². The van der Waals surface area contributed by atoms with E-state index >= 15 is 0 Å². The van der Waals surface area contributed by atoms with Crippen LogP contribution in [0.15, 0.2) is 47.5 Å². The predicted octanol–water partition coefficient (Wildman–Crippen LogP) is 5.40. The highest BCUT2D eigenvalue weighted by atomic mass is 16.5. The van der Waals surface area contributed by atoms with Gasteiger partial charge in [-0.05, 0) is 68.9 Å². The van der Waals surface area contributed by atoms with Crippen molar-refractivity contribution in [3.8, 4) is 5.75 Å². The minimum atomic E-state index is -0.252. The van der Waals surface area contributed by atoms with Gasteiger partial charge in [-0.15, -0.1) is 0 Å². The highest BCUT2D eigenvalue weighted by molar-refractivity contribution is 6.17. The Labute approximate surface area is 196 Å². The number of carbonyl (C=O) groups excluding carboxylic acids is 2. The molecule has 0 aromatic heterocycles. The first-order valence-corrected chi connectivity index (χ1v) is 12.0. The second-order valence-corrected chi connectivity index (χ2v) is 9.96. The number of hydrogen-bond acceptors (Lipinski definition) is 4. The number of ketones is 1. The third kappa shape index (κ3) is 5.70. The SMILES string of the molecule is COc1ccc2c(c1)C(CC(=O)c1ccc(C(=O)NCC3CCCCC3)cc1)=NC(C)(C)C2. The molecule has 1 aliphatic heterocycles. The Balaban J connectivity index is 1.43. The van der Waals surface area contributed by atoms with Crippen molar-refractivity contribution in [3.05, 3.63) is 64.7 Å². The molecule has 1 heterocycles. The number of nitrogens with one attached hydrogen (secondary N) is 1. The van der Waals surface area contributed by atoms with E-state index in [0.29, 0.717) is 17.0 Å². The molecule has 1 saturated carbocycles. The number of methoxy groups -OCH3 is 1. The lowest BCUT2D eigenvalue weighted by molar-refractivity contribution is 0.0941. The van der Waals surface area contributed by atoms with E-state index in [0.717, 1.165) is 30.0 Å². The summed E-state index contributed by atoms with van der Waals surface area (Å²) in [6.45, 7) is 4.91. The van der Waals surface area contributed by atoms with E-state index in [1.54, 1.807) is 31.4 Å². The lowest BCUT2D eigenvalue weighted by atomic mass is 9.85. The molecule has 33 heavy (non-hydrogen) atoms. The molecule has 0 spiro atoms. The van der Waals surface area contributed by atoms with E-state index in [4.69, 9.17) is 9.73 Å². The summed E-state index contributed by atoms with van der Waals surface area (Å²) >= 11 is 0. The van der Waals surface area contributed by atoms with Gasteiger partial charge in [-0.2, -0.15) is 0 Å². The van der Waals surface area contributed by atoms with Crippen molar-refractivity contribution in [1.29, 1.82) is 0 Å². The third-order valence-electron chi connectivity index (χ3n) is 6.76. The number of ether oxygens (including phenoxy) is 1. The summed E-state index contributed by atoms with van der Waals surface area (Å²) in [5, 5.41) is 3.06. The number of Topliss-reactive ketones (excluding diaryl/α,β-unsaturated/α-hetero) is 1. The molecule has 1 N–H and O–H groups in total. The quantitative estimate of drug-likeness (QED) is 0.579. The molecule has 1 amide bonds. The molecule has 2 aromatic carbocycles. The number of amides is 1. The first-order chi connectivity index (χ1) is 15.8. The van der Waals surface area contributed by atoms with Gasteiger partial charge in [0, 0.05) is 23.2 Å². The number of nitrogens with zero attached hydrogens (tertiary/aromatic N) is 1. The minimum absolute atomic E-state index is 0.00520. The Hall–Kier alpha value is -2.95. The van der Waals surface area contributed by atoms with Gasteiger partial charge >= 0.3 is 0 Å². The van der Waals surface area contributed by atoms with Crippen molar-refractivity contribution in [2.24, 2.45) is 10.9 Å². The van der Waals surface area contributed by atoms with Gasteiger partial charge in [0.25, 0.3) is 5.91 Å². The van der Waals surface area contributed by atoms with Crippen LogP contribution in [0.25, 0.3) is 0 Å². The number of carbonyl (C=O) groups is 2. The monoisotopic (exact) mass is 446 g/mol. The molecule has 0 radical (unpaired) electrons. The van der Waals surface area contributed by atoms with E-state index in [2.05, 4.69) is 25.2 Å². The lowest BCUT2D eigenvalue weighted by Crippen LogP contribution is -2.30. The van der Waals surface area contributed by atoms with E-state index in [9.17, 15) is 9.59 Å². The molecule has 5 nitrogen and oxygen atoms in total. The molecule has 0 saturated heterocycles. The van der Waals surface area contributed by atoms with Crippen LogP contribution < -0.4 is 10.1 Å². The number of aliphatic imine (C=N–C) groups is 1. The van der Waals surface area contributed by atoms with Crippen molar-refractivity contribution < 1.29 is 14.3 Å². The van der Waals surface area contributed by atoms with E-state index in [1.165, 1.54) is 37.7 Å². The minimum Gasteiger partial charge on any atom is -0.497 e. The third-order valence-corrected chi connectivity index (χ3v) is 6.76. The molecule has 0 bridgehead atoms. The maximum atomic E-state index is 13.1. The summed E-state index contributed by atoms with van der Waals surface area (Å²) in [6, 6.07) is 13.0. The summed E-state index contributed by atoms with van der Waals surface area (Å²) in [7, 11) is 1.64. The molecule has 1 fully saturated rings. The normalized spacial score (nSPS) is 17.6. The molecule has 4 rings (SSSR count). The standard InChI is InChI=1S/C28H34N2O3/c1-28(2)17-22-13-14-23(33-3)15-24(22)25(30-28)16-26(31)20-9-11-21(12-10-20)27(32)29-18-19-7-5-4-6-8-19/h9-15,19H,4-8,16-18H2,1-3H3,(H,29,32). The average Bonchev–Trinajstić information content (AvgIpc) is 2.82. The van der Waals surface area contributed by atoms with Gasteiger partial charge in [-0.3, -0.25) is 14.6 Å². The zero-order valence-electron chi connectivity index (χ0n) is 19.9. The topological polar surface area (TPSA) is 67.8 Å². The van der Waals surface area contributed by atoms with Crippen LogP contribution in [0.2, 0.25) is 0 Å². The van der Waals surface area contributed by atoms with Crippen LogP contribution in [0.5, 0.6) is 5.75 Å². The molecular formula is C28H34N2O3. The number of hydrogen-bond donors (Lipinski definition) is 1. The second kappa shape index (κ2) is 9.90. The summed E-state index contributed by atoms with van der Waals surface area (Å²) in [5.41, 5.74) is 3.89. The Kier molecular flexibility index (Phi) is 6.96. The maximum absolute atomic E-state index is 13.1. The highest BCUT2D eigenvalue weighted by Crippen LogP contribution is 2.31. The van der Waals surface area contributed by atoms with Crippen LogP contribution in [-0.4, -0.2) is 36.6 Å². The predicted molar refractivity (Wildman–Crippen MR) is 132 cm³/mol. The average molecular weight is 447 g/mol. The van der Waals surface area contributed by atoms with Crippen molar-refractivity contribution in [1.82, 2.24) is 5.32 Å². The fourth-order valence-electron chi connectivity index (χ4n) is 4.96. The Bertz CT molecular complexity index is 1050. The van der Waals surface area contributed by atoms with Crippen LogP contribution in [0.4, 0.5) is 0 Å². The largest absolute Gasteiger partial charge is 0.497 e. The molecular weight excluding hydrogens is 412 g/mol. The maximum Gasteiger partial charge on any atom is 0.251 e. The zero-order chi connectivity index (χ0) is 23.4. The summed E-state index contributed by atoms with van der Waals surface area (Å²) in [5.74, 6) is 1.27. The van der Waals surface area contributed by atoms with Gasteiger partial charge in [-0.25, -0.2) is 0 Å². The first kappa shape index (κ1) is 23.2. The van der Waals surface area contributed by atoms with E-state index < -0.39 is 0 Å². The van der Waals surface area contributed by atoms with Gasteiger partial charge in [0.15, 0.2) is 5.78 Å². The van der Waals surface area contributed by atoms with Crippen molar-refractivity contribution >= 4 is 17.4 Å². The molecule has 1 aliphatic carbocycles. The molecule has 2 aliphatic rings. The Morgan fingerprint density at radius 2 is 1.73 bits per heavy atom. The molecule has 0 unspecified atom stereocenters. The zero-order valence-corrected chi connectivity index (χ0v) is 19.9. The summed E-state index contributed by atoms with van der Waals surface area (Å²) in [4.78, 5) is 30.5. The number of benzene rings is 2. The van der Waals surface area contributed by atoms with Gasteiger partial charge in [0.1, 0.15) is 5.75 Å². The summed E-state index contributed by atoms with van der Waals surface area (Å²) in [6.07, 6.45) is 7.27. The molecule has 0 atom stereocenters. The van der Waals surface area contributed by atoms with Gasteiger partial charge in [0.05, 0.1) is 24.8 Å². The Morgan fingerprint density at radius 1 is 1.03 bits per heavy atom. The van der Waals surface area contributed by atoms with Crippen LogP contribution in [0, 0.1) is 5.92 Å². The van der Waals surface area contributed by atoms with Crippen molar-refractivity contribution in [2.45, 2.75) is 64.3 Å². The smallest absolute Gasteiger partial charge is 0.251 e. The van der Waals surface area contributed by atoms with Crippen LogP contribution in [0.1, 0.15) is 84.2 Å². The van der Waals surface area contributed by atoms with Crippen LogP contribution in [-0.2, 0) is 6.42 Å². The second-order valence-electron chi connectivity index (χ2n) is 9.96. The highest BCUT2D eigenvalue weighted by Gasteiger charge is 2.28. The number of fused-ring (bicyclic) bond motifs is 1. The van der Waals surface area contributed by atoms with Crippen LogP contribution >= 0.6 is 0 Å². The fourth-order valence-corrected chi connectivity index (χ4v) is 4.96. The van der Waals surface area contributed by atoms with Gasteiger partial charge in [-0.1, -0.05) is 37.5 Å². The van der Waals surface area contributed by atoms with Crippen LogP contribution in [0.3, 0.4) is 0 Å².